The van der Waals surface area contributed by atoms with Gasteiger partial charge in [-0.1, -0.05) is 0 Å². The number of esters is 1. The highest BCUT2D eigenvalue weighted by molar-refractivity contribution is 7.71. The van der Waals surface area contributed by atoms with Gasteiger partial charge in [0.15, 0.2) is 5.58 Å². The van der Waals surface area contributed by atoms with Crippen LogP contribution in [-0.2, 0) is 14.3 Å². The van der Waals surface area contributed by atoms with E-state index in [0.717, 1.165) is 5.52 Å². The number of carbonyl (C=O) groups is 2. The summed E-state index contributed by atoms with van der Waals surface area (Å²) in [6, 6.07) is 5.07. The third-order valence-corrected chi connectivity index (χ3v) is 3.22. The number of rotatable bonds is 4. The lowest BCUT2D eigenvalue weighted by atomic mass is 9.92. The number of ether oxygens (including phenoxy) is 1. The number of aromatic amines is 1. The topological polar surface area (TPSA) is 84.3 Å². The predicted octanol–water partition coefficient (Wildman–Crippen LogP) is 3.02. The van der Waals surface area contributed by atoms with Gasteiger partial charge in [-0.05, 0) is 45.1 Å². The van der Waals surface area contributed by atoms with Gasteiger partial charge in [-0.25, -0.2) is 0 Å². The molecule has 0 fully saturated rings. The van der Waals surface area contributed by atoms with Crippen LogP contribution in [0.1, 0.15) is 20.8 Å². The smallest absolute Gasteiger partial charge is 0.321 e. The van der Waals surface area contributed by atoms with Crippen molar-refractivity contribution in [3.05, 3.63) is 23.0 Å². The second-order valence-electron chi connectivity index (χ2n) is 5.03. The number of hydrogen-bond acceptors (Lipinski definition) is 5. The van der Waals surface area contributed by atoms with E-state index in [1.165, 1.54) is 13.8 Å². The standard InChI is InChI=1S/C14H16N2O4S/c1-4-19-12(18)14(2,3)11(17)15-8-5-6-9-10(7-8)20-13(21)16-9/h5-7H,4H2,1-3H3,(H,15,17)(H,16,21). The number of anilines is 1. The van der Waals surface area contributed by atoms with Crippen molar-refractivity contribution in [2.75, 3.05) is 11.9 Å². The fourth-order valence-electron chi connectivity index (χ4n) is 1.71. The molecule has 0 saturated carbocycles. The molecule has 0 spiro atoms. The van der Waals surface area contributed by atoms with Crippen molar-refractivity contribution in [1.29, 1.82) is 0 Å². The first kappa shape index (κ1) is 15.2. The van der Waals surface area contributed by atoms with Crippen LogP contribution in [0.2, 0.25) is 0 Å². The number of oxazole rings is 1. The Bertz CT molecular complexity index is 745. The van der Waals surface area contributed by atoms with E-state index in [2.05, 4.69) is 10.3 Å². The van der Waals surface area contributed by atoms with Crippen LogP contribution in [-0.4, -0.2) is 23.5 Å². The lowest BCUT2D eigenvalue weighted by Gasteiger charge is -2.21. The Hall–Kier alpha value is -2.15. The first-order valence-electron chi connectivity index (χ1n) is 6.46. The summed E-state index contributed by atoms with van der Waals surface area (Å²) in [7, 11) is 0. The highest BCUT2D eigenvalue weighted by Crippen LogP contribution is 2.23. The van der Waals surface area contributed by atoms with Crippen LogP contribution in [0, 0.1) is 10.3 Å². The molecule has 1 aromatic carbocycles. The van der Waals surface area contributed by atoms with E-state index >= 15 is 0 Å². The fraction of sp³-hybridized carbons (Fsp3) is 0.357. The minimum Gasteiger partial charge on any atom is -0.465 e. The molecule has 0 aliphatic heterocycles. The molecule has 1 aromatic heterocycles. The van der Waals surface area contributed by atoms with E-state index in [1.54, 1.807) is 25.1 Å². The third-order valence-electron chi connectivity index (χ3n) is 3.03. The number of amides is 1. The molecule has 0 aliphatic rings. The number of H-pyrrole nitrogens is 1. The number of carbonyl (C=O) groups excluding carboxylic acids is 2. The third kappa shape index (κ3) is 3.13. The van der Waals surface area contributed by atoms with E-state index in [4.69, 9.17) is 21.4 Å². The summed E-state index contributed by atoms with van der Waals surface area (Å²) in [5, 5.41) is 2.68. The molecule has 2 aromatic rings. The summed E-state index contributed by atoms with van der Waals surface area (Å²) in [6.07, 6.45) is 0. The summed E-state index contributed by atoms with van der Waals surface area (Å²) in [6.45, 7) is 4.95. The highest BCUT2D eigenvalue weighted by atomic mass is 32.1. The minimum absolute atomic E-state index is 0.228. The summed E-state index contributed by atoms with van der Waals surface area (Å²) < 4.78 is 10.2. The molecule has 2 rings (SSSR count). The number of nitrogens with one attached hydrogen (secondary N) is 2. The zero-order valence-electron chi connectivity index (χ0n) is 12.0. The van der Waals surface area contributed by atoms with Crippen LogP contribution in [0.15, 0.2) is 22.6 Å². The maximum atomic E-state index is 12.2. The predicted molar refractivity (Wildman–Crippen MR) is 80.4 cm³/mol. The van der Waals surface area contributed by atoms with Gasteiger partial charge in [0.1, 0.15) is 5.41 Å². The van der Waals surface area contributed by atoms with Crippen molar-refractivity contribution in [2.24, 2.45) is 5.41 Å². The van der Waals surface area contributed by atoms with Gasteiger partial charge in [-0.3, -0.25) is 9.59 Å². The van der Waals surface area contributed by atoms with Crippen molar-refractivity contribution in [3.63, 3.8) is 0 Å². The molecule has 0 radical (unpaired) electrons. The number of hydrogen-bond donors (Lipinski definition) is 2. The first-order valence-corrected chi connectivity index (χ1v) is 6.87. The lowest BCUT2D eigenvalue weighted by Crippen LogP contribution is -2.39. The Labute approximate surface area is 126 Å². The summed E-state index contributed by atoms with van der Waals surface area (Å²) in [5.74, 6) is -1.02. The number of aromatic nitrogens is 1. The van der Waals surface area contributed by atoms with E-state index in [-0.39, 0.29) is 11.4 Å². The van der Waals surface area contributed by atoms with Gasteiger partial charge in [0.05, 0.1) is 12.1 Å². The van der Waals surface area contributed by atoms with Gasteiger partial charge in [0.25, 0.3) is 4.84 Å². The monoisotopic (exact) mass is 308 g/mol. The molecule has 6 nitrogen and oxygen atoms in total. The second-order valence-corrected chi connectivity index (χ2v) is 5.40. The highest BCUT2D eigenvalue weighted by Gasteiger charge is 2.37. The molecule has 1 amide bonds. The van der Waals surface area contributed by atoms with Crippen LogP contribution < -0.4 is 5.32 Å². The maximum absolute atomic E-state index is 12.2. The van der Waals surface area contributed by atoms with Gasteiger partial charge < -0.3 is 19.5 Å². The minimum atomic E-state index is -1.27. The van der Waals surface area contributed by atoms with E-state index < -0.39 is 17.3 Å². The molecule has 0 saturated heterocycles. The summed E-state index contributed by atoms with van der Waals surface area (Å²) in [5.41, 5.74) is 0.515. The molecular formula is C14H16N2O4S. The van der Waals surface area contributed by atoms with E-state index in [1.807, 2.05) is 0 Å². The quantitative estimate of drug-likeness (QED) is 0.515. The van der Waals surface area contributed by atoms with Gasteiger partial charge in [0.2, 0.25) is 5.91 Å². The molecule has 0 aliphatic carbocycles. The molecular weight excluding hydrogens is 292 g/mol. The van der Waals surface area contributed by atoms with Crippen molar-refractivity contribution in [2.45, 2.75) is 20.8 Å². The van der Waals surface area contributed by atoms with Crippen molar-refractivity contribution < 1.29 is 18.7 Å². The molecule has 1 heterocycles. The van der Waals surface area contributed by atoms with Crippen LogP contribution in [0.4, 0.5) is 5.69 Å². The zero-order chi connectivity index (χ0) is 15.6. The zero-order valence-corrected chi connectivity index (χ0v) is 12.8. The number of benzene rings is 1. The average Bonchev–Trinajstić information content (AvgIpc) is 2.78. The molecule has 112 valence electrons. The Kier molecular flexibility index (Phi) is 4.13. The Morgan fingerprint density at radius 2 is 2.14 bits per heavy atom. The lowest BCUT2D eigenvalue weighted by molar-refractivity contribution is -0.156. The van der Waals surface area contributed by atoms with Gasteiger partial charge in [-0.15, -0.1) is 0 Å². The van der Waals surface area contributed by atoms with Crippen LogP contribution >= 0.6 is 12.2 Å². The SMILES string of the molecule is CCOC(=O)C(C)(C)C(=O)Nc1ccc2[nH]c(=S)oc2c1. The largest absolute Gasteiger partial charge is 0.465 e. The van der Waals surface area contributed by atoms with Gasteiger partial charge in [-0.2, -0.15) is 0 Å². The number of fused-ring (bicyclic) bond motifs is 1. The van der Waals surface area contributed by atoms with Gasteiger partial charge >= 0.3 is 5.97 Å². The van der Waals surface area contributed by atoms with Crippen molar-refractivity contribution in [3.8, 4) is 0 Å². The summed E-state index contributed by atoms with van der Waals surface area (Å²) in [4.78, 5) is 27.1. The fourth-order valence-corrected chi connectivity index (χ4v) is 1.91. The average molecular weight is 308 g/mol. The Balaban J connectivity index is 2.20. The van der Waals surface area contributed by atoms with Crippen LogP contribution in [0.25, 0.3) is 11.1 Å². The van der Waals surface area contributed by atoms with Gasteiger partial charge in [0, 0.05) is 11.8 Å². The molecule has 0 bridgehead atoms. The Morgan fingerprint density at radius 1 is 1.43 bits per heavy atom. The molecule has 0 unspecified atom stereocenters. The second kappa shape index (κ2) is 5.69. The van der Waals surface area contributed by atoms with E-state index in [9.17, 15) is 9.59 Å². The molecule has 2 N–H and O–H groups in total. The first-order chi connectivity index (χ1) is 9.84. The molecule has 21 heavy (non-hydrogen) atoms. The van der Waals surface area contributed by atoms with Crippen LogP contribution in [0.3, 0.4) is 0 Å². The Morgan fingerprint density at radius 3 is 2.81 bits per heavy atom. The maximum Gasteiger partial charge on any atom is 0.321 e. The van der Waals surface area contributed by atoms with Crippen molar-refractivity contribution >= 4 is 40.9 Å². The summed E-state index contributed by atoms with van der Waals surface area (Å²) >= 11 is 4.90. The molecule has 7 heteroatoms. The van der Waals surface area contributed by atoms with Crippen LogP contribution in [0.5, 0.6) is 0 Å². The van der Waals surface area contributed by atoms with E-state index in [0.29, 0.717) is 11.3 Å². The molecule has 0 atom stereocenters. The normalized spacial score (nSPS) is 11.4. The van der Waals surface area contributed by atoms with Crippen molar-refractivity contribution in [1.82, 2.24) is 4.98 Å².